The van der Waals surface area contributed by atoms with Gasteiger partial charge in [0.25, 0.3) is 0 Å². The number of carboxylic acid groups (broad SMARTS) is 1. The van der Waals surface area contributed by atoms with Crippen LogP contribution in [-0.4, -0.2) is 81.3 Å². The third-order valence-electron chi connectivity index (χ3n) is 2.59. The highest BCUT2D eigenvalue weighted by molar-refractivity contribution is 5.83. The summed E-state index contributed by atoms with van der Waals surface area (Å²) in [5.74, 6) is -0.560. The highest BCUT2D eigenvalue weighted by Gasteiger charge is 2.06. The zero-order valence-corrected chi connectivity index (χ0v) is 12.9. The molecule has 0 aromatic rings. The van der Waals surface area contributed by atoms with Crippen LogP contribution in [0.25, 0.3) is 0 Å². The summed E-state index contributed by atoms with van der Waals surface area (Å²) in [6.07, 6.45) is 0.742. The monoisotopic (exact) mass is 303 g/mol. The van der Waals surface area contributed by atoms with E-state index in [1.807, 2.05) is 18.9 Å². The van der Waals surface area contributed by atoms with Gasteiger partial charge in [-0.15, -0.1) is 0 Å². The van der Waals surface area contributed by atoms with Gasteiger partial charge in [-0.25, -0.2) is 4.79 Å². The number of amides is 1. The van der Waals surface area contributed by atoms with Crippen LogP contribution in [0.4, 0.5) is 0 Å². The Hall–Kier alpha value is -1.67. The van der Waals surface area contributed by atoms with Crippen molar-refractivity contribution in [2.24, 2.45) is 4.99 Å². The number of nitrogens with zero attached hydrogens (tertiary/aromatic N) is 2. The third kappa shape index (κ3) is 10.7. The van der Waals surface area contributed by atoms with E-state index < -0.39 is 12.6 Å². The minimum atomic E-state index is -1.09. The average Bonchev–Trinajstić information content (AvgIpc) is 2.44. The molecular weight excluding hydrogens is 278 g/mol. The summed E-state index contributed by atoms with van der Waals surface area (Å²) in [7, 11) is 3.63. The van der Waals surface area contributed by atoms with Gasteiger partial charge in [-0.3, -0.25) is 9.79 Å². The van der Waals surface area contributed by atoms with Gasteiger partial charge in [-0.1, -0.05) is 0 Å². The molecule has 2 N–H and O–H groups in total. The minimum absolute atomic E-state index is 0.242. The van der Waals surface area contributed by atoms with Crippen LogP contribution in [0.3, 0.4) is 0 Å². The van der Waals surface area contributed by atoms with Crippen molar-refractivity contribution in [2.45, 2.75) is 13.3 Å². The number of rotatable bonds is 11. The summed E-state index contributed by atoms with van der Waals surface area (Å²) in [6.45, 7) is 3.55. The quantitative estimate of drug-likeness (QED) is 0.306. The first-order valence-corrected chi connectivity index (χ1v) is 6.82. The molecule has 8 nitrogen and oxygen atoms in total. The van der Waals surface area contributed by atoms with Gasteiger partial charge in [0, 0.05) is 33.8 Å². The normalized spacial score (nSPS) is 11.3. The van der Waals surface area contributed by atoms with Crippen molar-refractivity contribution >= 4 is 17.7 Å². The van der Waals surface area contributed by atoms with E-state index in [9.17, 15) is 9.59 Å². The Labute approximate surface area is 125 Å². The molecule has 0 unspecified atom stereocenters. The van der Waals surface area contributed by atoms with Gasteiger partial charge in [-0.05, 0) is 13.3 Å². The van der Waals surface area contributed by atoms with Crippen molar-refractivity contribution in [2.75, 3.05) is 53.6 Å². The van der Waals surface area contributed by atoms with Gasteiger partial charge in [0.1, 0.15) is 25.7 Å². The molecule has 0 rings (SSSR count). The maximum atomic E-state index is 11.3. The van der Waals surface area contributed by atoms with E-state index in [4.69, 9.17) is 9.84 Å². The predicted molar refractivity (Wildman–Crippen MR) is 78.6 cm³/mol. The Morgan fingerprint density at radius 2 is 1.95 bits per heavy atom. The fourth-order valence-corrected chi connectivity index (χ4v) is 1.49. The van der Waals surface area contributed by atoms with E-state index in [2.05, 4.69) is 15.0 Å². The standard InChI is InChI=1S/C13H25N3O5/c1-4-20-8-11(14-2)16(3)7-5-6-15-12(17)9-21-10-13(18)19/h4-10H2,1-3H3,(H,15,17)(H,18,19). The Kier molecular flexibility index (Phi) is 11.1. The second-order valence-corrected chi connectivity index (χ2v) is 4.29. The lowest BCUT2D eigenvalue weighted by Crippen LogP contribution is -2.35. The molecule has 1 amide bonds. The zero-order chi connectivity index (χ0) is 16.1. The number of hydrogen-bond acceptors (Lipinski definition) is 5. The number of carbonyl (C=O) groups is 2. The summed E-state index contributed by atoms with van der Waals surface area (Å²) in [5, 5.41) is 11.0. The smallest absolute Gasteiger partial charge is 0.329 e. The van der Waals surface area contributed by atoms with Crippen LogP contribution in [0.15, 0.2) is 4.99 Å². The largest absolute Gasteiger partial charge is 0.480 e. The molecule has 0 saturated carbocycles. The lowest BCUT2D eigenvalue weighted by Gasteiger charge is -2.21. The molecule has 0 heterocycles. The fraction of sp³-hybridized carbons (Fsp3) is 0.769. The van der Waals surface area contributed by atoms with Crippen molar-refractivity contribution in [3.05, 3.63) is 0 Å². The van der Waals surface area contributed by atoms with Crippen LogP contribution in [0, 0.1) is 0 Å². The van der Waals surface area contributed by atoms with Crippen LogP contribution >= 0.6 is 0 Å². The molecule has 0 bridgehead atoms. The maximum absolute atomic E-state index is 11.3. The highest BCUT2D eigenvalue weighted by atomic mass is 16.5. The number of hydrogen-bond donors (Lipinski definition) is 2. The Morgan fingerprint density at radius 1 is 1.24 bits per heavy atom. The summed E-state index contributed by atoms with van der Waals surface area (Å²) in [6, 6.07) is 0. The van der Waals surface area contributed by atoms with E-state index in [0.717, 1.165) is 18.8 Å². The van der Waals surface area contributed by atoms with Crippen molar-refractivity contribution in [1.29, 1.82) is 0 Å². The van der Waals surface area contributed by atoms with E-state index in [1.165, 1.54) is 0 Å². The van der Waals surface area contributed by atoms with Crippen molar-refractivity contribution < 1.29 is 24.2 Å². The molecule has 0 aromatic heterocycles. The summed E-state index contributed by atoms with van der Waals surface area (Å²) in [4.78, 5) is 27.6. The lowest BCUT2D eigenvalue weighted by molar-refractivity contribution is -0.143. The SMILES string of the molecule is CCOCC(=NC)N(C)CCCNC(=O)COCC(=O)O. The van der Waals surface area contributed by atoms with Gasteiger partial charge in [0.15, 0.2) is 0 Å². The number of amidine groups is 1. The summed E-state index contributed by atoms with van der Waals surface area (Å²) >= 11 is 0. The number of carbonyl (C=O) groups excluding carboxylic acids is 1. The van der Waals surface area contributed by atoms with E-state index >= 15 is 0 Å². The van der Waals surface area contributed by atoms with Gasteiger partial charge in [0.05, 0.1) is 0 Å². The van der Waals surface area contributed by atoms with Crippen LogP contribution in [0.1, 0.15) is 13.3 Å². The molecule has 0 radical (unpaired) electrons. The van der Waals surface area contributed by atoms with Gasteiger partial charge in [-0.2, -0.15) is 0 Å². The Morgan fingerprint density at radius 3 is 2.52 bits per heavy atom. The van der Waals surface area contributed by atoms with Gasteiger partial charge >= 0.3 is 5.97 Å². The minimum Gasteiger partial charge on any atom is -0.480 e. The van der Waals surface area contributed by atoms with E-state index in [-0.39, 0.29) is 12.5 Å². The molecule has 0 spiro atoms. The molecule has 0 fully saturated rings. The molecule has 0 saturated heterocycles. The first-order chi connectivity index (χ1) is 10.0. The zero-order valence-electron chi connectivity index (χ0n) is 12.9. The first-order valence-electron chi connectivity index (χ1n) is 6.82. The number of nitrogens with one attached hydrogen (secondary N) is 1. The third-order valence-corrected chi connectivity index (χ3v) is 2.59. The number of ether oxygens (including phenoxy) is 2. The van der Waals surface area contributed by atoms with Crippen LogP contribution < -0.4 is 5.32 Å². The lowest BCUT2D eigenvalue weighted by atomic mass is 10.3. The molecule has 0 aliphatic heterocycles. The van der Waals surface area contributed by atoms with Gasteiger partial charge < -0.3 is 24.8 Å². The van der Waals surface area contributed by atoms with Crippen molar-refractivity contribution in [3.63, 3.8) is 0 Å². The molecule has 0 atom stereocenters. The number of aliphatic carboxylic acids is 1. The second-order valence-electron chi connectivity index (χ2n) is 4.29. The first kappa shape index (κ1) is 19.3. The van der Waals surface area contributed by atoms with Gasteiger partial charge in [0.2, 0.25) is 5.91 Å². The molecular formula is C13H25N3O5. The van der Waals surface area contributed by atoms with Crippen LogP contribution in [0.5, 0.6) is 0 Å². The predicted octanol–water partition coefficient (Wildman–Crippen LogP) is -0.409. The molecule has 0 aliphatic rings. The number of aliphatic imine (C=N–C) groups is 1. The maximum Gasteiger partial charge on any atom is 0.329 e. The molecule has 0 aromatic carbocycles. The Balaban J connectivity index is 3.73. The number of carboxylic acids is 1. The molecule has 0 aliphatic carbocycles. The fourth-order valence-electron chi connectivity index (χ4n) is 1.49. The Bertz CT molecular complexity index is 347. The molecule has 21 heavy (non-hydrogen) atoms. The van der Waals surface area contributed by atoms with Crippen molar-refractivity contribution in [3.8, 4) is 0 Å². The van der Waals surface area contributed by atoms with Crippen LogP contribution in [0.2, 0.25) is 0 Å². The van der Waals surface area contributed by atoms with E-state index in [0.29, 0.717) is 19.8 Å². The second kappa shape index (κ2) is 12.1. The topological polar surface area (TPSA) is 100 Å². The van der Waals surface area contributed by atoms with Crippen LogP contribution in [-0.2, 0) is 19.1 Å². The molecule has 8 heteroatoms. The highest BCUT2D eigenvalue weighted by Crippen LogP contribution is 1.92. The van der Waals surface area contributed by atoms with Crippen molar-refractivity contribution in [1.82, 2.24) is 10.2 Å². The number of likely N-dealkylation sites (N-methyl/N-ethyl adjacent to an activating group) is 1. The summed E-state index contributed by atoms with van der Waals surface area (Å²) < 4.78 is 9.99. The molecule has 122 valence electrons. The summed E-state index contributed by atoms with van der Waals surface area (Å²) in [5.41, 5.74) is 0. The average molecular weight is 303 g/mol. The van der Waals surface area contributed by atoms with E-state index in [1.54, 1.807) is 7.05 Å².